The van der Waals surface area contributed by atoms with Crippen LogP contribution in [0, 0.1) is 12.3 Å². The average molecular weight is 212 g/mol. The summed E-state index contributed by atoms with van der Waals surface area (Å²) in [5, 5.41) is 12.6. The molecule has 14 heavy (non-hydrogen) atoms. The lowest BCUT2D eigenvalue weighted by atomic mass is 10.1. The Balaban J connectivity index is 0.00000169. The van der Waals surface area contributed by atoms with Crippen molar-refractivity contribution in [2.75, 3.05) is 13.1 Å². The molecule has 0 aliphatic heterocycles. The van der Waals surface area contributed by atoms with Crippen molar-refractivity contribution in [2.45, 2.75) is 6.10 Å². The van der Waals surface area contributed by atoms with E-state index in [1.807, 2.05) is 30.3 Å². The van der Waals surface area contributed by atoms with Crippen LogP contribution in [0.15, 0.2) is 30.3 Å². The average Bonchev–Trinajstić information content (AvgIpc) is 2.19. The van der Waals surface area contributed by atoms with Gasteiger partial charge in [-0.15, -0.1) is 18.8 Å². The van der Waals surface area contributed by atoms with Gasteiger partial charge in [0.1, 0.15) is 0 Å². The number of aliphatic hydroxyl groups excluding tert-OH is 1. The Hall–Kier alpha value is -1.01. The first-order valence-electron chi connectivity index (χ1n) is 4.22. The maximum absolute atomic E-state index is 9.62. The first-order valence-corrected chi connectivity index (χ1v) is 4.22. The Morgan fingerprint density at radius 1 is 1.36 bits per heavy atom. The molecular weight excluding hydrogens is 198 g/mol. The number of aliphatic hydroxyl groups is 1. The molecule has 0 amide bonds. The van der Waals surface area contributed by atoms with Crippen LogP contribution in [0.2, 0.25) is 0 Å². The van der Waals surface area contributed by atoms with Gasteiger partial charge in [-0.05, 0) is 5.56 Å². The first-order chi connectivity index (χ1) is 6.34. The van der Waals surface area contributed by atoms with E-state index < -0.39 is 6.10 Å². The van der Waals surface area contributed by atoms with E-state index in [-0.39, 0.29) is 12.4 Å². The molecule has 0 aliphatic rings. The van der Waals surface area contributed by atoms with Crippen LogP contribution < -0.4 is 5.32 Å². The van der Waals surface area contributed by atoms with Crippen LogP contribution in [0.1, 0.15) is 11.7 Å². The largest absolute Gasteiger partial charge is 0.387 e. The van der Waals surface area contributed by atoms with Crippen molar-refractivity contribution >= 4 is 12.4 Å². The van der Waals surface area contributed by atoms with Crippen LogP contribution in [0.25, 0.3) is 0 Å². The van der Waals surface area contributed by atoms with Gasteiger partial charge in [-0.1, -0.05) is 36.3 Å². The van der Waals surface area contributed by atoms with Gasteiger partial charge in [-0.2, -0.15) is 0 Å². The zero-order valence-corrected chi connectivity index (χ0v) is 8.63. The summed E-state index contributed by atoms with van der Waals surface area (Å²) in [4.78, 5) is 0. The van der Waals surface area contributed by atoms with Crippen LogP contribution in [0.5, 0.6) is 0 Å². The third-order valence-corrected chi connectivity index (χ3v) is 1.75. The predicted molar refractivity (Wildman–Crippen MR) is 60.4 cm³/mol. The Bertz CT molecular complexity index is 281. The molecule has 1 atom stereocenters. The van der Waals surface area contributed by atoms with E-state index in [1.165, 1.54) is 0 Å². The van der Waals surface area contributed by atoms with E-state index in [9.17, 15) is 5.11 Å². The van der Waals surface area contributed by atoms with Crippen molar-refractivity contribution in [2.24, 2.45) is 0 Å². The highest BCUT2D eigenvalue weighted by atomic mass is 35.5. The summed E-state index contributed by atoms with van der Waals surface area (Å²) in [7, 11) is 0. The predicted octanol–water partition coefficient (Wildman–Crippen LogP) is 1.36. The number of hydrogen-bond acceptors (Lipinski definition) is 2. The maximum atomic E-state index is 9.62. The molecule has 2 N–H and O–H groups in total. The van der Waals surface area contributed by atoms with Gasteiger partial charge in [0.25, 0.3) is 0 Å². The Kier molecular flexibility index (Phi) is 6.87. The van der Waals surface area contributed by atoms with Gasteiger partial charge in [-0.3, -0.25) is 0 Å². The molecule has 0 heterocycles. The summed E-state index contributed by atoms with van der Waals surface area (Å²) in [6.07, 6.45) is 4.58. The maximum Gasteiger partial charge on any atom is 0.0914 e. The van der Waals surface area contributed by atoms with E-state index in [1.54, 1.807) is 0 Å². The van der Waals surface area contributed by atoms with Crippen molar-refractivity contribution in [3.05, 3.63) is 35.9 Å². The Morgan fingerprint density at radius 3 is 2.57 bits per heavy atom. The zero-order valence-electron chi connectivity index (χ0n) is 7.81. The van der Waals surface area contributed by atoms with E-state index in [2.05, 4.69) is 11.2 Å². The van der Waals surface area contributed by atoms with Gasteiger partial charge in [0, 0.05) is 6.54 Å². The molecule has 0 fully saturated rings. The summed E-state index contributed by atoms with van der Waals surface area (Å²) < 4.78 is 0. The fourth-order valence-electron chi connectivity index (χ4n) is 1.07. The molecule has 0 saturated heterocycles. The van der Waals surface area contributed by atoms with E-state index in [4.69, 9.17) is 6.42 Å². The highest BCUT2D eigenvalue weighted by Crippen LogP contribution is 2.09. The number of terminal acetylenes is 1. The lowest BCUT2D eigenvalue weighted by Gasteiger charge is -2.10. The summed E-state index contributed by atoms with van der Waals surface area (Å²) in [5.41, 5.74) is 0.909. The van der Waals surface area contributed by atoms with Crippen LogP contribution in [-0.4, -0.2) is 18.2 Å². The zero-order chi connectivity index (χ0) is 9.52. The topological polar surface area (TPSA) is 32.3 Å². The quantitative estimate of drug-likeness (QED) is 0.583. The number of benzene rings is 1. The summed E-state index contributed by atoms with van der Waals surface area (Å²) in [6.45, 7) is 0.984. The van der Waals surface area contributed by atoms with Crippen LogP contribution in [0.4, 0.5) is 0 Å². The van der Waals surface area contributed by atoms with Crippen LogP contribution >= 0.6 is 12.4 Å². The molecule has 76 valence electrons. The third kappa shape index (κ3) is 4.29. The van der Waals surface area contributed by atoms with Crippen LogP contribution in [0.3, 0.4) is 0 Å². The summed E-state index contributed by atoms with van der Waals surface area (Å²) >= 11 is 0. The van der Waals surface area contributed by atoms with E-state index >= 15 is 0 Å². The highest BCUT2D eigenvalue weighted by Gasteiger charge is 2.04. The van der Waals surface area contributed by atoms with E-state index in [0.717, 1.165) is 5.56 Å². The molecule has 1 aromatic rings. The SMILES string of the molecule is C#CCNCC(O)c1ccccc1.Cl. The highest BCUT2D eigenvalue weighted by molar-refractivity contribution is 5.85. The summed E-state index contributed by atoms with van der Waals surface area (Å²) in [6, 6.07) is 9.51. The van der Waals surface area contributed by atoms with Gasteiger partial charge in [0.15, 0.2) is 0 Å². The molecule has 0 saturated carbocycles. The van der Waals surface area contributed by atoms with Crippen molar-refractivity contribution in [1.29, 1.82) is 0 Å². The van der Waals surface area contributed by atoms with E-state index in [0.29, 0.717) is 13.1 Å². The van der Waals surface area contributed by atoms with Gasteiger partial charge in [0.2, 0.25) is 0 Å². The second kappa shape index (κ2) is 7.40. The molecule has 0 radical (unpaired) electrons. The van der Waals surface area contributed by atoms with Gasteiger partial charge in [-0.25, -0.2) is 0 Å². The van der Waals surface area contributed by atoms with Gasteiger partial charge >= 0.3 is 0 Å². The standard InChI is InChI=1S/C11H13NO.ClH/c1-2-8-12-9-11(13)10-6-4-3-5-7-10;/h1,3-7,11-13H,8-9H2;1H. The number of hydrogen-bond donors (Lipinski definition) is 2. The fraction of sp³-hybridized carbons (Fsp3) is 0.273. The lowest BCUT2D eigenvalue weighted by molar-refractivity contribution is 0.176. The monoisotopic (exact) mass is 211 g/mol. The molecule has 0 bridgehead atoms. The van der Waals surface area contributed by atoms with Gasteiger partial charge in [0.05, 0.1) is 12.6 Å². The second-order valence-corrected chi connectivity index (χ2v) is 2.76. The Labute approximate surface area is 90.8 Å². The third-order valence-electron chi connectivity index (χ3n) is 1.75. The van der Waals surface area contributed by atoms with Crippen molar-refractivity contribution in [1.82, 2.24) is 5.32 Å². The number of rotatable bonds is 4. The molecule has 0 aliphatic carbocycles. The number of nitrogens with one attached hydrogen (secondary N) is 1. The smallest absolute Gasteiger partial charge is 0.0914 e. The molecular formula is C11H14ClNO. The Morgan fingerprint density at radius 2 is 2.00 bits per heavy atom. The lowest BCUT2D eigenvalue weighted by Crippen LogP contribution is -2.21. The first kappa shape index (κ1) is 13.0. The molecule has 2 nitrogen and oxygen atoms in total. The van der Waals surface area contributed by atoms with Gasteiger partial charge < -0.3 is 10.4 Å². The van der Waals surface area contributed by atoms with Crippen molar-refractivity contribution < 1.29 is 5.11 Å². The van der Waals surface area contributed by atoms with Crippen LogP contribution in [-0.2, 0) is 0 Å². The van der Waals surface area contributed by atoms with Crippen molar-refractivity contribution in [3.8, 4) is 12.3 Å². The second-order valence-electron chi connectivity index (χ2n) is 2.76. The molecule has 1 rings (SSSR count). The normalized spacial score (nSPS) is 11.1. The fourth-order valence-corrected chi connectivity index (χ4v) is 1.07. The minimum atomic E-state index is -0.477. The summed E-state index contributed by atoms with van der Waals surface area (Å²) in [5.74, 6) is 2.45. The number of halogens is 1. The molecule has 0 aromatic heterocycles. The molecule has 1 unspecified atom stereocenters. The minimum absolute atomic E-state index is 0. The molecule has 1 aromatic carbocycles. The molecule has 3 heteroatoms. The van der Waals surface area contributed by atoms with Crippen molar-refractivity contribution in [3.63, 3.8) is 0 Å². The molecule has 0 spiro atoms. The minimum Gasteiger partial charge on any atom is -0.387 e.